The van der Waals surface area contributed by atoms with E-state index in [2.05, 4.69) is 4.90 Å². The molecule has 0 atom stereocenters. The van der Waals surface area contributed by atoms with Gasteiger partial charge >= 0.3 is 19.8 Å². The van der Waals surface area contributed by atoms with Crippen molar-refractivity contribution in [3.63, 3.8) is 0 Å². The van der Waals surface area contributed by atoms with Gasteiger partial charge in [0.15, 0.2) is 0 Å². The molecule has 202 valence electrons. The smallest absolute Gasteiger partial charge is 0.438 e. The van der Waals surface area contributed by atoms with Crippen molar-refractivity contribution in [1.82, 2.24) is 9.47 Å². The summed E-state index contributed by atoms with van der Waals surface area (Å²) in [6, 6.07) is 7.82. The van der Waals surface area contributed by atoms with Crippen LogP contribution in [0, 0.1) is 11.8 Å². The number of esters is 2. The molecule has 1 heterocycles. The van der Waals surface area contributed by atoms with Gasteiger partial charge in [-0.1, -0.05) is 45.9 Å². The van der Waals surface area contributed by atoms with Crippen molar-refractivity contribution < 1.29 is 37.2 Å². The van der Waals surface area contributed by atoms with E-state index in [1.54, 1.807) is 4.57 Å². The minimum Gasteiger partial charge on any atom is -0.438 e. The lowest BCUT2D eigenvalue weighted by molar-refractivity contribution is -0.154. The zero-order valence-corrected chi connectivity index (χ0v) is 23.0. The van der Waals surface area contributed by atoms with Crippen LogP contribution in [-0.2, 0) is 50.4 Å². The molecule has 1 aromatic carbocycles. The van der Waals surface area contributed by atoms with E-state index in [0.717, 1.165) is 29.4 Å². The van der Waals surface area contributed by atoms with Gasteiger partial charge in [0.25, 0.3) is 0 Å². The molecule has 0 spiro atoms. The number of hydrogen-bond donors (Lipinski definition) is 0. The Morgan fingerprint density at radius 3 is 2.00 bits per heavy atom. The van der Waals surface area contributed by atoms with Gasteiger partial charge in [-0.2, -0.15) is 0 Å². The van der Waals surface area contributed by atoms with Crippen LogP contribution in [-0.4, -0.2) is 55.6 Å². The molecule has 0 amide bonds. The lowest BCUT2D eigenvalue weighted by Crippen LogP contribution is -2.15. The van der Waals surface area contributed by atoms with Crippen molar-refractivity contribution in [3.05, 3.63) is 36.0 Å². The van der Waals surface area contributed by atoms with Crippen molar-refractivity contribution in [1.29, 1.82) is 0 Å². The number of fused-ring (bicyclic) bond motifs is 1. The Balaban J connectivity index is 2.10. The molecule has 0 unspecified atom stereocenters. The second-order valence-corrected chi connectivity index (χ2v) is 11.3. The highest BCUT2D eigenvalue weighted by atomic mass is 31.2. The number of phosphoric ester groups is 1. The van der Waals surface area contributed by atoms with E-state index in [1.807, 2.05) is 72.3 Å². The van der Waals surface area contributed by atoms with E-state index in [4.69, 9.17) is 23.0 Å². The third-order valence-electron chi connectivity index (χ3n) is 5.07. The first kappa shape index (κ1) is 30.0. The fourth-order valence-electron chi connectivity index (χ4n) is 3.32. The molecule has 0 bridgehead atoms. The van der Waals surface area contributed by atoms with E-state index >= 15 is 0 Å². The van der Waals surface area contributed by atoms with E-state index in [-0.39, 0.29) is 31.4 Å². The van der Waals surface area contributed by atoms with Crippen LogP contribution in [0.3, 0.4) is 0 Å². The van der Waals surface area contributed by atoms with Crippen LogP contribution < -0.4 is 0 Å². The second-order valence-electron chi connectivity index (χ2n) is 9.62. The standard InChI is InChI=1S/C25H39N2O8P/c1-19(2)13-24(28)31-17-34-36(30,35-18-32-25(29)14-20(3)4)33-16-27-15-21(11-12-26(5)6)22-9-7-8-10-23(22)27/h7-10,15,19-20H,11-14,16-18H2,1-6H3. The maximum atomic E-state index is 13.3. The van der Waals surface area contributed by atoms with Crippen LogP contribution in [0.1, 0.15) is 46.1 Å². The summed E-state index contributed by atoms with van der Waals surface area (Å²) in [4.78, 5) is 25.8. The number of likely N-dealkylation sites (N-methyl/N-ethyl adjacent to an activating group) is 1. The third kappa shape index (κ3) is 10.4. The number of carbonyl (C=O) groups is 2. The highest BCUT2D eigenvalue weighted by Gasteiger charge is 2.29. The number of carbonyl (C=O) groups excluding carboxylic acids is 2. The fraction of sp³-hybridized carbons (Fsp3) is 0.600. The molecule has 2 aromatic rings. The molecule has 10 nitrogen and oxygen atoms in total. The van der Waals surface area contributed by atoms with Crippen LogP contribution in [0.4, 0.5) is 0 Å². The summed E-state index contributed by atoms with van der Waals surface area (Å²) in [5, 5.41) is 1.06. The van der Waals surface area contributed by atoms with E-state index < -0.39 is 33.3 Å². The third-order valence-corrected chi connectivity index (χ3v) is 6.34. The minimum absolute atomic E-state index is 0.0980. The van der Waals surface area contributed by atoms with Crippen molar-refractivity contribution in [2.24, 2.45) is 11.8 Å². The average molecular weight is 527 g/mol. The highest BCUT2D eigenvalue weighted by Crippen LogP contribution is 2.50. The van der Waals surface area contributed by atoms with Crippen molar-refractivity contribution >= 4 is 30.7 Å². The monoisotopic (exact) mass is 526 g/mol. The van der Waals surface area contributed by atoms with E-state index in [9.17, 15) is 14.2 Å². The van der Waals surface area contributed by atoms with Crippen LogP contribution in [0.25, 0.3) is 10.9 Å². The quantitative estimate of drug-likeness (QED) is 0.171. The Morgan fingerprint density at radius 2 is 1.47 bits per heavy atom. The van der Waals surface area contributed by atoms with Gasteiger partial charge in [0.05, 0.1) is 5.52 Å². The predicted molar refractivity (Wildman–Crippen MR) is 136 cm³/mol. The summed E-state index contributed by atoms with van der Waals surface area (Å²) in [6.45, 7) is 6.96. The first-order valence-electron chi connectivity index (χ1n) is 12.1. The molecule has 0 saturated carbocycles. The van der Waals surface area contributed by atoms with Gasteiger partial charge in [-0.05, 0) is 44.0 Å². The van der Waals surface area contributed by atoms with Crippen LogP contribution in [0.15, 0.2) is 30.5 Å². The number of benzene rings is 1. The number of para-hydroxylation sites is 1. The average Bonchev–Trinajstić information content (AvgIpc) is 3.13. The van der Waals surface area contributed by atoms with Gasteiger partial charge in [-0.15, -0.1) is 0 Å². The second kappa shape index (κ2) is 14.5. The molecule has 0 radical (unpaired) electrons. The summed E-state index contributed by atoms with van der Waals surface area (Å²) in [6.07, 6.45) is 3.13. The zero-order valence-electron chi connectivity index (χ0n) is 22.1. The molecule has 0 aliphatic rings. The van der Waals surface area contributed by atoms with Crippen LogP contribution in [0.5, 0.6) is 0 Å². The Bertz CT molecular complexity index is 1000. The summed E-state index contributed by atoms with van der Waals surface area (Å²) < 4.78 is 41.1. The normalized spacial score (nSPS) is 12.1. The number of nitrogens with zero attached hydrogens (tertiary/aromatic N) is 2. The van der Waals surface area contributed by atoms with E-state index in [0.29, 0.717) is 0 Å². The molecular formula is C25H39N2O8P. The summed E-state index contributed by atoms with van der Waals surface area (Å²) in [7, 11) is -0.231. The fourth-order valence-corrected chi connectivity index (χ4v) is 4.17. The lowest BCUT2D eigenvalue weighted by atomic mass is 10.1. The molecule has 0 aliphatic heterocycles. The molecule has 2 rings (SSSR count). The first-order valence-corrected chi connectivity index (χ1v) is 13.5. The Hall–Kier alpha value is -2.23. The Morgan fingerprint density at radius 1 is 0.917 bits per heavy atom. The van der Waals surface area contributed by atoms with Gasteiger partial charge in [-0.3, -0.25) is 14.1 Å². The highest BCUT2D eigenvalue weighted by molar-refractivity contribution is 7.48. The lowest BCUT2D eigenvalue weighted by Gasteiger charge is -2.19. The molecule has 1 aromatic heterocycles. The van der Waals surface area contributed by atoms with Gasteiger partial charge in [-0.25, -0.2) is 13.6 Å². The zero-order chi connectivity index (χ0) is 26.7. The van der Waals surface area contributed by atoms with E-state index in [1.165, 1.54) is 0 Å². The Kier molecular flexibility index (Phi) is 12.1. The molecule has 11 heteroatoms. The van der Waals surface area contributed by atoms with Gasteiger partial charge in [0.2, 0.25) is 13.6 Å². The summed E-state index contributed by atoms with van der Waals surface area (Å²) in [5.74, 6) is -0.800. The first-order chi connectivity index (χ1) is 17.0. The maximum absolute atomic E-state index is 13.3. The number of rotatable bonds is 16. The number of hydrogen-bond acceptors (Lipinski definition) is 9. The molecule has 0 aliphatic carbocycles. The predicted octanol–water partition coefficient (Wildman–Crippen LogP) is 4.95. The number of phosphoric acid groups is 1. The van der Waals surface area contributed by atoms with Gasteiger partial charge in [0.1, 0.15) is 6.73 Å². The Labute approximate surface area is 213 Å². The molecule has 0 fully saturated rings. The van der Waals surface area contributed by atoms with Gasteiger partial charge in [0, 0.05) is 31.0 Å². The largest absolute Gasteiger partial charge is 0.482 e. The van der Waals surface area contributed by atoms with Crippen LogP contribution >= 0.6 is 7.82 Å². The molecule has 0 N–H and O–H groups in total. The SMILES string of the molecule is CC(C)CC(=O)OCOP(=O)(OCOC(=O)CC(C)C)OCn1cc(CCN(C)C)c2ccccc21. The van der Waals surface area contributed by atoms with Crippen LogP contribution in [0.2, 0.25) is 0 Å². The number of aromatic nitrogens is 1. The molecule has 36 heavy (non-hydrogen) atoms. The maximum Gasteiger partial charge on any atom is 0.482 e. The van der Waals surface area contributed by atoms with Gasteiger partial charge < -0.3 is 18.9 Å². The van der Waals surface area contributed by atoms with Crippen molar-refractivity contribution in [2.75, 3.05) is 34.2 Å². The minimum atomic E-state index is -4.25. The molecule has 0 saturated heterocycles. The number of ether oxygens (including phenoxy) is 2. The summed E-state index contributed by atoms with van der Waals surface area (Å²) in [5.41, 5.74) is 2.01. The topological polar surface area (TPSA) is 106 Å². The van der Waals surface area contributed by atoms with Crippen molar-refractivity contribution in [3.8, 4) is 0 Å². The van der Waals surface area contributed by atoms with Crippen molar-refractivity contribution in [2.45, 2.75) is 53.7 Å². The summed E-state index contributed by atoms with van der Waals surface area (Å²) >= 11 is 0. The molecular weight excluding hydrogens is 487 g/mol.